The summed E-state index contributed by atoms with van der Waals surface area (Å²) in [7, 11) is 1.33. The average molecular weight is 353 g/mol. The highest BCUT2D eigenvalue weighted by Crippen LogP contribution is 2.16. The number of hydrogen-bond donors (Lipinski definition) is 1. The van der Waals surface area contributed by atoms with Crippen molar-refractivity contribution in [2.45, 2.75) is 19.6 Å². The van der Waals surface area contributed by atoms with Gasteiger partial charge in [0.15, 0.2) is 0 Å². The molecule has 1 atom stereocenters. The predicted molar refractivity (Wildman–Crippen MR) is 94.7 cm³/mol. The summed E-state index contributed by atoms with van der Waals surface area (Å²) in [6.45, 7) is 1.99. The van der Waals surface area contributed by atoms with Gasteiger partial charge in [0.25, 0.3) is 0 Å². The highest BCUT2D eigenvalue weighted by molar-refractivity contribution is 5.88. The van der Waals surface area contributed by atoms with Gasteiger partial charge in [-0.1, -0.05) is 36.4 Å². The van der Waals surface area contributed by atoms with Crippen LogP contribution in [0.4, 0.5) is 4.79 Å². The Balaban J connectivity index is 1.68. The van der Waals surface area contributed by atoms with Crippen molar-refractivity contribution >= 4 is 17.7 Å². The minimum atomic E-state index is -0.536. The van der Waals surface area contributed by atoms with Crippen molar-refractivity contribution in [3.8, 4) is 0 Å². The van der Waals surface area contributed by atoms with E-state index in [2.05, 4.69) is 10.3 Å². The maximum Gasteiger partial charge on any atom is 0.407 e. The number of aromatic nitrogens is 2. The Kier molecular flexibility index (Phi) is 5.17. The first kappa shape index (κ1) is 17.5. The van der Waals surface area contributed by atoms with E-state index in [-0.39, 0.29) is 12.6 Å². The Morgan fingerprint density at radius 2 is 1.92 bits per heavy atom. The number of nitrogens with zero attached hydrogens (tertiary/aromatic N) is 2. The number of hydrogen-bond acceptors (Lipinski definition) is 5. The number of rotatable bonds is 5. The van der Waals surface area contributed by atoms with E-state index in [9.17, 15) is 9.59 Å². The van der Waals surface area contributed by atoms with E-state index >= 15 is 0 Å². The van der Waals surface area contributed by atoms with Crippen LogP contribution in [0.5, 0.6) is 0 Å². The maximum atomic E-state index is 12.0. The van der Waals surface area contributed by atoms with E-state index in [0.29, 0.717) is 17.0 Å². The molecule has 7 nitrogen and oxygen atoms in total. The molecule has 0 aliphatic rings. The number of carbonyl (C=O) groups is 2. The third-order valence-electron chi connectivity index (χ3n) is 3.90. The lowest BCUT2D eigenvalue weighted by Gasteiger charge is -2.11. The van der Waals surface area contributed by atoms with Gasteiger partial charge in [0.2, 0.25) is 0 Å². The van der Waals surface area contributed by atoms with E-state index in [4.69, 9.17) is 9.47 Å². The van der Waals surface area contributed by atoms with Gasteiger partial charge in [-0.25, -0.2) is 14.6 Å². The summed E-state index contributed by atoms with van der Waals surface area (Å²) in [5.41, 5.74) is 2.47. The zero-order valence-corrected chi connectivity index (χ0v) is 14.5. The van der Waals surface area contributed by atoms with Crippen LogP contribution in [0.3, 0.4) is 0 Å². The first-order chi connectivity index (χ1) is 12.6. The van der Waals surface area contributed by atoms with Crippen molar-refractivity contribution in [2.75, 3.05) is 7.11 Å². The molecule has 0 spiro atoms. The molecule has 26 heavy (non-hydrogen) atoms. The van der Waals surface area contributed by atoms with Gasteiger partial charge in [-0.05, 0) is 24.6 Å². The number of ether oxygens (including phenoxy) is 2. The molecular formula is C19H19N3O4. The first-order valence-electron chi connectivity index (χ1n) is 8.12. The van der Waals surface area contributed by atoms with Gasteiger partial charge in [0, 0.05) is 6.20 Å². The Labute approximate surface area is 150 Å². The molecule has 0 saturated carbocycles. The molecule has 1 aromatic carbocycles. The molecule has 2 heterocycles. The van der Waals surface area contributed by atoms with E-state index in [1.807, 2.05) is 30.3 Å². The highest BCUT2D eigenvalue weighted by atomic mass is 16.5. The molecule has 0 fully saturated rings. The molecule has 7 heteroatoms. The molecule has 0 saturated heterocycles. The third-order valence-corrected chi connectivity index (χ3v) is 3.90. The molecular weight excluding hydrogens is 334 g/mol. The SMILES string of the molecule is COC(=O)c1cccc2nc(C(C)NC(=O)OCc3ccccc3)cn12. The van der Waals surface area contributed by atoms with Crippen molar-refractivity contribution in [1.82, 2.24) is 14.7 Å². The molecule has 134 valence electrons. The highest BCUT2D eigenvalue weighted by Gasteiger charge is 2.17. The van der Waals surface area contributed by atoms with E-state index in [1.54, 1.807) is 35.7 Å². The van der Waals surface area contributed by atoms with Crippen LogP contribution in [0.25, 0.3) is 5.65 Å². The smallest absolute Gasteiger partial charge is 0.407 e. The van der Waals surface area contributed by atoms with Crippen LogP contribution in [-0.4, -0.2) is 28.6 Å². The number of pyridine rings is 1. The van der Waals surface area contributed by atoms with Crippen molar-refractivity contribution in [3.63, 3.8) is 0 Å². The second-order valence-electron chi connectivity index (χ2n) is 5.72. The summed E-state index contributed by atoms with van der Waals surface area (Å²) in [4.78, 5) is 28.3. The molecule has 0 bridgehead atoms. The summed E-state index contributed by atoms with van der Waals surface area (Å²) in [6, 6.07) is 14.2. The summed E-state index contributed by atoms with van der Waals surface area (Å²) in [5.74, 6) is -0.456. The van der Waals surface area contributed by atoms with Crippen LogP contribution in [0.1, 0.15) is 34.7 Å². The lowest BCUT2D eigenvalue weighted by molar-refractivity contribution is 0.0592. The van der Waals surface area contributed by atoms with Crippen LogP contribution in [0.15, 0.2) is 54.7 Å². The fourth-order valence-corrected chi connectivity index (χ4v) is 2.52. The number of nitrogens with one attached hydrogen (secondary N) is 1. The molecule has 1 amide bonds. The van der Waals surface area contributed by atoms with E-state index < -0.39 is 12.1 Å². The van der Waals surface area contributed by atoms with Crippen LogP contribution in [0.2, 0.25) is 0 Å². The zero-order valence-electron chi connectivity index (χ0n) is 14.5. The molecule has 3 rings (SSSR count). The standard InChI is InChI=1S/C19H19N3O4/c1-13(20-19(24)26-12-14-7-4-3-5-8-14)15-11-22-16(18(23)25-2)9-6-10-17(22)21-15/h3-11,13H,12H2,1-2H3,(H,20,24). The van der Waals surface area contributed by atoms with Gasteiger partial charge in [0.1, 0.15) is 17.9 Å². The number of carbonyl (C=O) groups excluding carboxylic acids is 2. The maximum absolute atomic E-state index is 12.0. The lowest BCUT2D eigenvalue weighted by Crippen LogP contribution is -2.27. The molecule has 3 aromatic rings. The van der Waals surface area contributed by atoms with Crippen LogP contribution < -0.4 is 5.32 Å². The number of fused-ring (bicyclic) bond motifs is 1. The Hall–Kier alpha value is -3.35. The minimum absolute atomic E-state index is 0.192. The van der Waals surface area contributed by atoms with Crippen LogP contribution in [0, 0.1) is 0 Å². The number of esters is 1. The second kappa shape index (κ2) is 7.69. The number of amides is 1. The predicted octanol–water partition coefficient (Wildman–Crippen LogP) is 3.11. The summed E-state index contributed by atoms with van der Waals surface area (Å²) >= 11 is 0. The molecule has 1 N–H and O–H groups in total. The topological polar surface area (TPSA) is 81.9 Å². The normalized spacial score (nSPS) is 11.8. The quantitative estimate of drug-likeness (QED) is 0.713. The number of methoxy groups -OCH3 is 1. The molecule has 0 aliphatic carbocycles. The average Bonchev–Trinajstić information content (AvgIpc) is 3.11. The first-order valence-corrected chi connectivity index (χ1v) is 8.12. The Bertz CT molecular complexity index is 921. The summed E-state index contributed by atoms with van der Waals surface area (Å²) < 4.78 is 11.6. The fraction of sp³-hybridized carbons (Fsp3) is 0.211. The fourth-order valence-electron chi connectivity index (χ4n) is 2.52. The van der Waals surface area contributed by atoms with Crippen molar-refractivity contribution in [2.24, 2.45) is 0 Å². The van der Waals surface area contributed by atoms with Gasteiger partial charge < -0.3 is 14.8 Å². The monoisotopic (exact) mass is 353 g/mol. The van der Waals surface area contributed by atoms with Crippen LogP contribution >= 0.6 is 0 Å². The van der Waals surface area contributed by atoms with Crippen molar-refractivity contribution in [1.29, 1.82) is 0 Å². The van der Waals surface area contributed by atoms with Gasteiger partial charge >= 0.3 is 12.1 Å². The van der Waals surface area contributed by atoms with Crippen molar-refractivity contribution < 1.29 is 19.1 Å². The van der Waals surface area contributed by atoms with E-state index in [0.717, 1.165) is 5.56 Å². The Morgan fingerprint density at radius 1 is 1.15 bits per heavy atom. The molecule has 1 unspecified atom stereocenters. The minimum Gasteiger partial charge on any atom is -0.464 e. The van der Waals surface area contributed by atoms with Gasteiger partial charge in [-0.15, -0.1) is 0 Å². The number of benzene rings is 1. The van der Waals surface area contributed by atoms with Gasteiger partial charge in [-0.2, -0.15) is 0 Å². The zero-order chi connectivity index (χ0) is 18.5. The van der Waals surface area contributed by atoms with Crippen LogP contribution in [-0.2, 0) is 16.1 Å². The third kappa shape index (κ3) is 3.83. The Morgan fingerprint density at radius 3 is 2.65 bits per heavy atom. The number of imidazole rings is 1. The second-order valence-corrected chi connectivity index (χ2v) is 5.72. The molecule has 2 aromatic heterocycles. The molecule has 0 aliphatic heterocycles. The summed E-state index contributed by atoms with van der Waals surface area (Å²) in [5, 5.41) is 2.74. The summed E-state index contributed by atoms with van der Waals surface area (Å²) in [6.07, 6.45) is 1.16. The van der Waals surface area contributed by atoms with E-state index in [1.165, 1.54) is 7.11 Å². The van der Waals surface area contributed by atoms with Gasteiger partial charge in [0.05, 0.1) is 18.8 Å². The molecule has 0 radical (unpaired) electrons. The van der Waals surface area contributed by atoms with Crippen molar-refractivity contribution in [3.05, 3.63) is 71.7 Å². The lowest BCUT2D eigenvalue weighted by atomic mass is 10.2. The largest absolute Gasteiger partial charge is 0.464 e. The number of alkyl carbamates (subject to hydrolysis) is 1. The van der Waals surface area contributed by atoms with Gasteiger partial charge in [-0.3, -0.25) is 4.40 Å².